The van der Waals surface area contributed by atoms with Crippen molar-refractivity contribution in [2.24, 2.45) is 0 Å². The lowest BCUT2D eigenvalue weighted by atomic mass is 10.1. The van der Waals surface area contributed by atoms with Gasteiger partial charge in [-0.1, -0.05) is 57.2 Å². The van der Waals surface area contributed by atoms with Crippen LogP contribution in [0.2, 0.25) is 0 Å². The fraction of sp³-hybridized carbons (Fsp3) is 0.533. The van der Waals surface area contributed by atoms with Crippen LogP contribution in [0, 0.1) is 0 Å². The van der Waals surface area contributed by atoms with Crippen LogP contribution in [-0.4, -0.2) is 12.3 Å². The van der Waals surface area contributed by atoms with E-state index in [1.54, 1.807) is 30.3 Å². The molecule has 1 unspecified atom stereocenters. The second-order valence-electron chi connectivity index (χ2n) is 4.89. The minimum atomic E-state index is -4.51. The number of carbonyl (C=O) groups excluding carboxylic acids is 1. The number of amides is 1. The zero-order valence-electron chi connectivity index (χ0n) is 12.4. The third-order valence-corrected chi connectivity index (χ3v) is 4.16. The van der Waals surface area contributed by atoms with Gasteiger partial charge >= 0.3 is 0 Å². The summed E-state index contributed by atoms with van der Waals surface area (Å²) in [4.78, 5) is 23.3. The lowest BCUT2D eigenvalue weighted by Crippen LogP contribution is -2.20. The fourth-order valence-corrected chi connectivity index (χ4v) is 2.59. The van der Waals surface area contributed by atoms with E-state index in [0.717, 1.165) is 19.3 Å². The van der Waals surface area contributed by atoms with Crippen molar-refractivity contribution in [3.05, 3.63) is 30.3 Å². The van der Waals surface area contributed by atoms with Gasteiger partial charge in [0, 0.05) is 5.69 Å². The first-order valence-electron chi connectivity index (χ1n) is 7.38. The summed E-state index contributed by atoms with van der Waals surface area (Å²) in [6.07, 6.45) is 6.15. The normalized spacial score (nSPS) is 13.6. The third kappa shape index (κ3) is 7.42. The molecule has 0 aliphatic rings. The number of hydrogen-bond donors (Lipinski definition) is 1. The molecule has 0 aliphatic carbocycles. The highest BCUT2D eigenvalue weighted by atomic mass is 31.2. The van der Waals surface area contributed by atoms with Crippen LogP contribution >= 0.6 is 7.60 Å². The largest absolute Gasteiger partial charge is 0.772 e. The van der Waals surface area contributed by atoms with E-state index in [0.29, 0.717) is 12.1 Å². The molecule has 6 heteroatoms. The van der Waals surface area contributed by atoms with Crippen LogP contribution in [0.1, 0.15) is 45.4 Å². The Hall–Kier alpha value is -1.16. The van der Waals surface area contributed by atoms with Crippen molar-refractivity contribution >= 4 is 18.9 Å². The Kier molecular flexibility index (Phi) is 8.28. The molecule has 0 saturated carbocycles. The Labute approximate surface area is 126 Å². The standard InChI is InChI=1S/C15H24NO4P/c1-2-3-4-5-6-10-13-20-21(18,19)15(17)16-14-11-8-7-9-12-14/h7-9,11-12H,2-6,10,13H2,1H3,(H,16,17)(H,18,19)/p-1. The van der Waals surface area contributed by atoms with E-state index in [1.165, 1.54) is 12.8 Å². The van der Waals surface area contributed by atoms with Gasteiger partial charge in [-0.2, -0.15) is 0 Å². The predicted molar refractivity (Wildman–Crippen MR) is 82.4 cm³/mol. The molecule has 1 N–H and O–H groups in total. The van der Waals surface area contributed by atoms with E-state index in [4.69, 9.17) is 4.52 Å². The highest BCUT2D eigenvalue weighted by molar-refractivity contribution is 7.70. The van der Waals surface area contributed by atoms with Crippen molar-refractivity contribution in [3.63, 3.8) is 0 Å². The minimum absolute atomic E-state index is 0.0646. The lowest BCUT2D eigenvalue weighted by molar-refractivity contribution is -0.193. The maximum atomic E-state index is 11.7. The first kappa shape index (κ1) is 17.9. The summed E-state index contributed by atoms with van der Waals surface area (Å²) in [5, 5.41) is 2.31. The molecule has 1 aromatic rings. The van der Waals surface area contributed by atoms with Gasteiger partial charge < -0.3 is 14.7 Å². The first-order chi connectivity index (χ1) is 10.1. The summed E-state index contributed by atoms with van der Waals surface area (Å²) in [5.74, 6) is 0. The Morgan fingerprint density at radius 2 is 1.76 bits per heavy atom. The van der Waals surface area contributed by atoms with E-state index in [1.807, 2.05) is 0 Å². The van der Waals surface area contributed by atoms with Crippen molar-refractivity contribution in [3.8, 4) is 0 Å². The highest BCUT2D eigenvalue weighted by Gasteiger charge is 2.19. The fourth-order valence-electron chi connectivity index (χ4n) is 1.84. The van der Waals surface area contributed by atoms with E-state index < -0.39 is 13.2 Å². The Bertz CT molecular complexity index is 464. The number of hydrogen-bond acceptors (Lipinski definition) is 4. The molecular weight excluding hydrogens is 289 g/mol. The second kappa shape index (κ2) is 9.72. The number of benzene rings is 1. The molecule has 1 amide bonds. The van der Waals surface area contributed by atoms with E-state index in [9.17, 15) is 14.3 Å². The van der Waals surface area contributed by atoms with Gasteiger partial charge in [0.2, 0.25) is 7.60 Å². The van der Waals surface area contributed by atoms with Gasteiger partial charge in [-0.25, -0.2) is 0 Å². The molecule has 0 saturated heterocycles. The Morgan fingerprint density at radius 3 is 2.43 bits per heavy atom. The van der Waals surface area contributed by atoms with Crippen LogP contribution in [0.25, 0.3) is 0 Å². The van der Waals surface area contributed by atoms with E-state index >= 15 is 0 Å². The van der Waals surface area contributed by atoms with Crippen LogP contribution in [0.15, 0.2) is 30.3 Å². The molecule has 0 aromatic heterocycles. The number of anilines is 1. The third-order valence-electron chi connectivity index (χ3n) is 3.03. The van der Waals surface area contributed by atoms with Gasteiger partial charge in [-0.15, -0.1) is 0 Å². The number of unbranched alkanes of at least 4 members (excludes halogenated alkanes) is 5. The summed E-state index contributed by atoms with van der Waals surface area (Å²) < 4.78 is 16.4. The van der Waals surface area contributed by atoms with Gasteiger partial charge in [-0.3, -0.25) is 9.36 Å². The monoisotopic (exact) mass is 312 g/mol. The smallest absolute Gasteiger partial charge is 0.295 e. The Balaban J connectivity index is 2.26. The minimum Gasteiger partial charge on any atom is -0.772 e. The maximum Gasteiger partial charge on any atom is 0.295 e. The summed E-state index contributed by atoms with van der Waals surface area (Å²) in [6.45, 7) is 2.21. The lowest BCUT2D eigenvalue weighted by Gasteiger charge is -2.21. The van der Waals surface area contributed by atoms with Gasteiger partial charge in [0.05, 0.1) is 6.61 Å². The molecule has 1 aromatic carbocycles. The van der Waals surface area contributed by atoms with Gasteiger partial charge in [0.25, 0.3) is 5.65 Å². The van der Waals surface area contributed by atoms with Crippen LogP contribution in [0.5, 0.6) is 0 Å². The number of carbonyl (C=O) groups is 1. The molecule has 118 valence electrons. The number of nitrogens with one attached hydrogen (secondary N) is 1. The van der Waals surface area contributed by atoms with Gasteiger partial charge in [0.15, 0.2) is 0 Å². The van der Waals surface area contributed by atoms with Gasteiger partial charge in [0.1, 0.15) is 0 Å². The molecule has 0 heterocycles. The zero-order valence-corrected chi connectivity index (χ0v) is 13.3. The molecule has 0 fully saturated rings. The molecule has 1 atom stereocenters. The molecule has 21 heavy (non-hydrogen) atoms. The van der Waals surface area contributed by atoms with Gasteiger partial charge in [-0.05, 0) is 18.6 Å². The quantitative estimate of drug-likeness (QED) is 0.520. The summed E-state index contributed by atoms with van der Waals surface area (Å²) in [5.41, 5.74) is -0.665. The van der Waals surface area contributed by atoms with Crippen LogP contribution in [-0.2, 0) is 9.09 Å². The van der Waals surface area contributed by atoms with E-state index in [2.05, 4.69) is 12.2 Å². The number of para-hydroxylation sites is 1. The topological polar surface area (TPSA) is 78.5 Å². The molecular formula is C15H23NO4P-. The van der Waals surface area contributed by atoms with Crippen molar-refractivity contribution in [2.75, 3.05) is 11.9 Å². The predicted octanol–water partition coefficient (Wildman–Crippen LogP) is 4.15. The molecule has 1 rings (SSSR count). The summed E-state index contributed by atoms with van der Waals surface area (Å²) in [6, 6.07) is 8.43. The van der Waals surface area contributed by atoms with Crippen molar-refractivity contribution in [1.29, 1.82) is 0 Å². The van der Waals surface area contributed by atoms with Crippen molar-refractivity contribution in [1.82, 2.24) is 0 Å². The SMILES string of the molecule is CCCCCCCCOP(=O)([O-])C(=O)Nc1ccccc1. The molecule has 0 radical (unpaired) electrons. The summed E-state index contributed by atoms with van der Waals surface area (Å²) in [7, 11) is -4.51. The average molecular weight is 312 g/mol. The Morgan fingerprint density at radius 1 is 1.14 bits per heavy atom. The second-order valence-corrected chi connectivity index (χ2v) is 6.55. The van der Waals surface area contributed by atoms with Crippen molar-refractivity contribution < 1.29 is 18.8 Å². The van der Waals surface area contributed by atoms with E-state index in [-0.39, 0.29) is 6.61 Å². The van der Waals surface area contributed by atoms with Crippen molar-refractivity contribution in [2.45, 2.75) is 45.4 Å². The molecule has 0 aliphatic heterocycles. The van der Waals surface area contributed by atoms with Crippen LogP contribution in [0.4, 0.5) is 10.5 Å². The zero-order chi connectivity index (χ0) is 15.6. The van der Waals surface area contributed by atoms with Crippen LogP contribution in [0.3, 0.4) is 0 Å². The maximum absolute atomic E-state index is 11.7. The molecule has 5 nitrogen and oxygen atoms in total. The summed E-state index contributed by atoms with van der Waals surface area (Å²) >= 11 is 0. The first-order valence-corrected chi connectivity index (χ1v) is 8.92. The van der Waals surface area contributed by atoms with Crippen LogP contribution < -0.4 is 10.2 Å². The molecule has 0 spiro atoms. The number of rotatable bonds is 10. The molecule has 0 bridgehead atoms. The average Bonchev–Trinajstić information content (AvgIpc) is 2.47. The highest BCUT2D eigenvalue weighted by Crippen LogP contribution is 2.39.